The van der Waals surface area contributed by atoms with Crippen molar-refractivity contribution < 1.29 is 0 Å². The molecule has 1 aromatic rings. The van der Waals surface area contributed by atoms with E-state index in [1.165, 1.54) is 17.5 Å². The molecule has 2 atom stereocenters. The first-order valence-corrected chi connectivity index (χ1v) is 7.37. The summed E-state index contributed by atoms with van der Waals surface area (Å²) in [5.74, 6) is 2.90. The SMILES string of the molecule is Cc1cc(CNC(C)C)cnc1N(C)CC1CC1C. The van der Waals surface area contributed by atoms with E-state index in [1.54, 1.807) is 0 Å². The summed E-state index contributed by atoms with van der Waals surface area (Å²) < 4.78 is 0. The van der Waals surface area contributed by atoms with Crippen LogP contribution in [0.3, 0.4) is 0 Å². The molecule has 1 saturated carbocycles. The molecule has 2 rings (SSSR count). The van der Waals surface area contributed by atoms with Crippen LogP contribution >= 0.6 is 0 Å². The van der Waals surface area contributed by atoms with Gasteiger partial charge in [0.1, 0.15) is 5.82 Å². The lowest BCUT2D eigenvalue weighted by molar-refractivity contribution is 0.587. The molecule has 19 heavy (non-hydrogen) atoms. The van der Waals surface area contributed by atoms with E-state index < -0.39 is 0 Å². The topological polar surface area (TPSA) is 28.2 Å². The Balaban J connectivity index is 1.97. The van der Waals surface area contributed by atoms with Gasteiger partial charge < -0.3 is 10.2 Å². The van der Waals surface area contributed by atoms with Crippen LogP contribution in [0.1, 0.15) is 38.3 Å². The summed E-state index contributed by atoms with van der Waals surface area (Å²) in [6.07, 6.45) is 3.38. The summed E-state index contributed by atoms with van der Waals surface area (Å²) in [6, 6.07) is 2.77. The van der Waals surface area contributed by atoms with E-state index in [-0.39, 0.29) is 0 Å². The van der Waals surface area contributed by atoms with Crippen LogP contribution in [0.25, 0.3) is 0 Å². The summed E-state index contributed by atoms with van der Waals surface area (Å²) >= 11 is 0. The fourth-order valence-corrected chi connectivity index (χ4v) is 2.54. The predicted octanol–water partition coefficient (Wildman–Crippen LogP) is 2.98. The maximum atomic E-state index is 4.65. The van der Waals surface area contributed by atoms with Crippen molar-refractivity contribution >= 4 is 5.82 Å². The van der Waals surface area contributed by atoms with Crippen LogP contribution in [0.15, 0.2) is 12.3 Å². The monoisotopic (exact) mass is 261 g/mol. The minimum atomic E-state index is 0.513. The minimum Gasteiger partial charge on any atom is -0.359 e. The molecule has 0 radical (unpaired) electrons. The molecule has 1 aromatic heterocycles. The van der Waals surface area contributed by atoms with Crippen molar-refractivity contribution in [2.75, 3.05) is 18.5 Å². The predicted molar refractivity (Wildman–Crippen MR) is 81.5 cm³/mol. The molecule has 1 N–H and O–H groups in total. The van der Waals surface area contributed by atoms with Crippen LogP contribution in [0.5, 0.6) is 0 Å². The first kappa shape index (κ1) is 14.3. The molecule has 106 valence electrons. The van der Waals surface area contributed by atoms with E-state index in [4.69, 9.17) is 0 Å². The van der Waals surface area contributed by atoms with Gasteiger partial charge in [-0.3, -0.25) is 0 Å². The summed E-state index contributed by atoms with van der Waals surface area (Å²) in [6.45, 7) is 10.9. The van der Waals surface area contributed by atoms with Crippen molar-refractivity contribution in [3.05, 3.63) is 23.4 Å². The number of hydrogen-bond acceptors (Lipinski definition) is 3. The highest BCUT2D eigenvalue weighted by Crippen LogP contribution is 2.38. The lowest BCUT2D eigenvalue weighted by atomic mass is 10.2. The average Bonchev–Trinajstić information content (AvgIpc) is 3.02. The van der Waals surface area contributed by atoms with E-state index in [0.29, 0.717) is 6.04 Å². The third-order valence-corrected chi connectivity index (χ3v) is 3.97. The second-order valence-corrected chi connectivity index (χ2v) is 6.37. The van der Waals surface area contributed by atoms with Crippen molar-refractivity contribution in [2.24, 2.45) is 11.8 Å². The molecule has 0 saturated heterocycles. The largest absolute Gasteiger partial charge is 0.359 e. The number of aromatic nitrogens is 1. The first-order chi connectivity index (χ1) is 8.97. The Labute approximate surface area is 117 Å². The highest BCUT2D eigenvalue weighted by Gasteiger charge is 2.33. The van der Waals surface area contributed by atoms with Gasteiger partial charge in [0.2, 0.25) is 0 Å². The number of nitrogens with zero attached hydrogens (tertiary/aromatic N) is 2. The Morgan fingerprint density at radius 1 is 1.47 bits per heavy atom. The number of nitrogens with one attached hydrogen (secondary N) is 1. The number of pyridine rings is 1. The normalized spacial score (nSPS) is 21.8. The molecule has 1 fully saturated rings. The Kier molecular flexibility index (Phi) is 4.46. The van der Waals surface area contributed by atoms with Crippen LogP contribution < -0.4 is 10.2 Å². The zero-order chi connectivity index (χ0) is 14.0. The second-order valence-electron chi connectivity index (χ2n) is 6.37. The lowest BCUT2D eigenvalue weighted by Crippen LogP contribution is -2.24. The van der Waals surface area contributed by atoms with Gasteiger partial charge in [0, 0.05) is 32.4 Å². The van der Waals surface area contributed by atoms with Crippen LogP contribution in [0, 0.1) is 18.8 Å². The molecule has 3 heteroatoms. The zero-order valence-electron chi connectivity index (χ0n) is 12.9. The molecule has 1 aliphatic carbocycles. The molecule has 0 amide bonds. The fraction of sp³-hybridized carbons (Fsp3) is 0.688. The van der Waals surface area contributed by atoms with Gasteiger partial charge in [0.25, 0.3) is 0 Å². The molecule has 1 heterocycles. The maximum Gasteiger partial charge on any atom is 0.131 e. The van der Waals surface area contributed by atoms with Gasteiger partial charge in [0.05, 0.1) is 0 Å². The summed E-state index contributed by atoms with van der Waals surface area (Å²) in [7, 11) is 2.16. The Hall–Kier alpha value is -1.09. The molecule has 3 nitrogen and oxygen atoms in total. The molecule has 2 unspecified atom stereocenters. The molecular weight excluding hydrogens is 234 g/mol. The summed E-state index contributed by atoms with van der Waals surface area (Å²) in [5.41, 5.74) is 2.54. The van der Waals surface area contributed by atoms with Gasteiger partial charge >= 0.3 is 0 Å². The van der Waals surface area contributed by atoms with Gasteiger partial charge in [-0.2, -0.15) is 0 Å². The first-order valence-electron chi connectivity index (χ1n) is 7.37. The molecule has 0 aliphatic heterocycles. The molecular formula is C16H27N3. The molecule has 0 spiro atoms. The maximum absolute atomic E-state index is 4.65. The molecule has 1 aliphatic rings. The number of hydrogen-bond donors (Lipinski definition) is 1. The third-order valence-electron chi connectivity index (χ3n) is 3.97. The van der Waals surface area contributed by atoms with Crippen molar-refractivity contribution in [1.29, 1.82) is 0 Å². The van der Waals surface area contributed by atoms with E-state index in [2.05, 4.69) is 56.0 Å². The van der Waals surface area contributed by atoms with Gasteiger partial charge in [-0.25, -0.2) is 4.98 Å². The smallest absolute Gasteiger partial charge is 0.131 e. The quantitative estimate of drug-likeness (QED) is 0.853. The summed E-state index contributed by atoms with van der Waals surface area (Å²) in [5, 5.41) is 3.43. The van der Waals surface area contributed by atoms with Crippen LogP contribution in [0.4, 0.5) is 5.82 Å². The van der Waals surface area contributed by atoms with Crippen LogP contribution in [-0.4, -0.2) is 24.6 Å². The Morgan fingerprint density at radius 3 is 2.68 bits per heavy atom. The Morgan fingerprint density at radius 2 is 2.16 bits per heavy atom. The van der Waals surface area contributed by atoms with E-state index in [0.717, 1.165) is 30.7 Å². The second kappa shape index (κ2) is 5.91. The van der Waals surface area contributed by atoms with Crippen molar-refractivity contribution in [1.82, 2.24) is 10.3 Å². The standard InChI is InChI=1S/C16H27N3/c1-11(2)17-8-14-6-13(4)16(18-9-14)19(5)10-15-7-12(15)3/h6,9,11-12,15,17H,7-8,10H2,1-5H3. The van der Waals surface area contributed by atoms with Crippen LogP contribution in [0.2, 0.25) is 0 Å². The molecule has 0 bridgehead atoms. The fourth-order valence-electron chi connectivity index (χ4n) is 2.54. The van der Waals surface area contributed by atoms with E-state index in [9.17, 15) is 0 Å². The number of aryl methyl sites for hydroxylation is 1. The van der Waals surface area contributed by atoms with Gasteiger partial charge in [-0.1, -0.05) is 20.8 Å². The van der Waals surface area contributed by atoms with Gasteiger partial charge in [0.15, 0.2) is 0 Å². The highest BCUT2D eigenvalue weighted by atomic mass is 15.2. The minimum absolute atomic E-state index is 0.513. The van der Waals surface area contributed by atoms with Gasteiger partial charge in [-0.15, -0.1) is 0 Å². The van der Waals surface area contributed by atoms with Crippen molar-refractivity contribution in [3.63, 3.8) is 0 Å². The number of anilines is 1. The third kappa shape index (κ3) is 3.93. The van der Waals surface area contributed by atoms with E-state index >= 15 is 0 Å². The molecule has 0 aromatic carbocycles. The van der Waals surface area contributed by atoms with Gasteiger partial charge in [-0.05, 0) is 42.4 Å². The summed E-state index contributed by atoms with van der Waals surface area (Å²) in [4.78, 5) is 6.96. The van der Waals surface area contributed by atoms with Crippen molar-refractivity contribution in [3.8, 4) is 0 Å². The van der Waals surface area contributed by atoms with Crippen LogP contribution in [-0.2, 0) is 6.54 Å². The number of rotatable bonds is 6. The Bertz CT molecular complexity index is 428. The zero-order valence-corrected chi connectivity index (χ0v) is 12.9. The average molecular weight is 261 g/mol. The van der Waals surface area contributed by atoms with E-state index in [1.807, 2.05) is 6.20 Å². The van der Waals surface area contributed by atoms with Crippen molar-refractivity contribution in [2.45, 2.75) is 46.7 Å². The highest BCUT2D eigenvalue weighted by molar-refractivity contribution is 5.46. The lowest BCUT2D eigenvalue weighted by Gasteiger charge is -2.21.